The van der Waals surface area contributed by atoms with Crippen LogP contribution < -0.4 is 11.1 Å². The van der Waals surface area contributed by atoms with E-state index < -0.39 is 23.9 Å². The van der Waals surface area contributed by atoms with Crippen LogP contribution in [0.15, 0.2) is 6.33 Å². The number of aliphatic hydroxyl groups excluding tert-OH is 2. The normalized spacial score (nSPS) is 14.4. The molecule has 118 valence electrons. The first-order chi connectivity index (χ1) is 9.61. The van der Waals surface area contributed by atoms with Crippen LogP contribution >= 0.6 is 11.6 Å². The van der Waals surface area contributed by atoms with Crippen molar-refractivity contribution in [2.75, 3.05) is 12.3 Å². The summed E-state index contributed by atoms with van der Waals surface area (Å²) >= 11 is 5.80. The molecule has 0 saturated carbocycles. The third-order valence-corrected chi connectivity index (χ3v) is 2.68. The molecule has 1 rings (SSSR count). The van der Waals surface area contributed by atoms with Crippen LogP contribution in [0.5, 0.6) is 0 Å². The van der Waals surface area contributed by atoms with Crippen molar-refractivity contribution in [1.82, 2.24) is 15.3 Å². The van der Waals surface area contributed by atoms with E-state index in [-0.39, 0.29) is 23.1 Å². The fraction of sp³-hybridized carbons (Fsp3) is 0.583. The van der Waals surface area contributed by atoms with Crippen LogP contribution in [-0.4, -0.2) is 44.5 Å². The maximum Gasteiger partial charge on any atom is 0.407 e. The van der Waals surface area contributed by atoms with Gasteiger partial charge in [0.05, 0.1) is 5.56 Å². The summed E-state index contributed by atoms with van der Waals surface area (Å²) in [5.74, 6) is -0.0428. The maximum atomic E-state index is 11.5. The van der Waals surface area contributed by atoms with Crippen LogP contribution in [0.25, 0.3) is 0 Å². The molecule has 0 spiro atoms. The van der Waals surface area contributed by atoms with E-state index in [4.69, 9.17) is 22.1 Å². The molecule has 1 aromatic rings. The highest BCUT2D eigenvalue weighted by Crippen LogP contribution is 2.27. The molecule has 1 amide bonds. The highest BCUT2D eigenvalue weighted by atomic mass is 35.5. The number of carbonyl (C=O) groups excluding carboxylic acids is 1. The molecule has 1 aromatic heterocycles. The summed E-state index contributed by atoms with van der Waals surface area (Å²) in [5.41, 5.74) is 4.93. The average Bonchev–Trinajstić information content (AvgIpc) is 2.33. The number of nitrogens with zero attached hydrogens (tertiary/aromatic N) is 2. The zero-order valence-corrected chi connectivity index (χ0v) is 12.8. The zero-order chi connectivity index (χ0) is 16.2. The van der Waals surface area contributed by atoms with Crippen molar-refractivity contribution in [2.24, 2.45) is 0 Å². The van der Waals surface area contributed by atoms with Crippen molar-refractivity contribution in [3.05, 3.63) is 17.0 Å². The number of nitrogens with two attached hydrogens (primary N) is 1. The van der Waals surface area contributed by atoms with Crippen molar-refractivity contribution < 1.29 is 19.7 Å². The Kier molecular flexibility index (Phi) is 5.70. The lowest BCUT2D eigenvalue weighted by atomic mass is 10.1. The van der Waals surface area contributed by atoms with E-state index in [0.29, 0.717) is 0 Å². The molecule has 0 radical (unpaired) electrons. The summed E-state index contributed by atoms with van der Waals surface area (Å²) in [6.45, 7) is 4.87. The van der Waals surface area contributed by atoms with Gasteiger partial charge in [-0.3, -0.25) is 0 Å². The van der Waals surface area contributed by atoms with Gasteiger partial charge in [-0.2, -0.15) is 0 Å². The second kappa shape index (κ2) is 6.88. The molecule has 2 atom stereocenters. The fourth-order valence-corrected chi connectivity index (χ4v) is 1.72. The quantitative estimate of drug-likeness (QED) is 0.599. The Morgan fingerprint density at radius 1 is 1.48 bits per heavy atom. The fourth-order valence-electron chi connectivity index (χ4n) is 1.47. The topological polar surface area (TPSA) is 131 Å². The van der Waals surface area contributed by atoms with Crippen LogP contribution in [0, 0.1) is 0 Å². The van der Waals surface area contributed by atoms with Crippen molar-refractivity contribution in [3.8, 4) is 0 Å². The van der Waals surface area contributed by atoms with Gasteiger partial charge < -0.3 is 26.0 Å². The van der Waals surface area contributed by atoms with Gasteiger partial charge in [0, 0.05) is 6.54 Å². The van der Waals surface area contributed by atoms with Gasteiger partial charge in [-0.15, -0.1) is 0 Å². The highest BCUT2D eigenvalue weighted by molar-refractivity contribution is 6.30. The summed E-state index contributed by atoms with van der Waals surface area (Å²) in [4.78, 5) is 18.8. The molecule has 0 bridgehead atoms. The van der Waals surface area contributed by atoms with Crippen LogP contribution in [0.4, 0.5) is 10.6 Å². The predicted octanol–water partition coefficient (Wildman–Crippen LogP) is 0.631. The molecule has 0 aliphatic heterocycles. The van der Waals surface area contributed by atoms with Crippen LogP contribution in [0.3, 0.4) is 0 Å². The molecule has 0 aliphatic rings. The summed E-state index contributed by atoms with van der Waals surface area (Å²) in [7, 11) is 0. The van der Waals surface area contributed by atoms with Crippen molar-refractivity contribution in [2.45, 2.75) is 38.6 Å². The van der Waals surface area contributed by atoms with Crippen LogP contribution in [0.1, 0.15) is 32.4 Å². The van der Waals surface area contributed by atoms with Gasteiger partial charge in [-0.05, 0) is 20.8 Å². The number of anilines is 1. The molecular formula is C12H19ClN4O4. The van der Waals surface area contributed by atoms with Gasteiger partial charge in [0.1, 0.15) is 35.1 Å². The maximum absolute atomic E-state index is 11.5. The second-order valence-corrected chi connectivity index (χ2v) is 5.72. The number of halogens is 1. The largest absolute Gasteiger partial charge is 0.444 e. The molecule has 9 heteroatoms. The summed E-state index contributed by atoms with van der Waals surface area (Å²) in [6.07, 6.45) is -2.35. The number of amides is 1. The van der Waals surface area contributed by atoms with E-state index in [1.807, 2.05) is 0 Å². The van der Waals surface area contributed by atoms with E-state index in [0.717, 1.165) is 6.33 Å². The summed E-state index contributed by atoms with van der Waals surface area (Å²) in [6, 6.07) is 0. The number of ether oxygens (including phenoxy) is 1. The van der Waals surface area contributed by atoms with Gasteiger partial charge in [0.15, 0.2) is 0 Å². The Labute approximate surface area is 127 Å². The molecule has 0 saturated heterocycles. The predicted molar refractivity (Wildman–Crippen MR) is 76.7 cm³/mol. The Morgan fingerprint density at radius 3 is 2.62 bits per heavy atom. The molecule has 0 fully saturated rings. The molecule has 0 aliphatic carbocycles. The van der Waals surface area contributed by atoms with Crippen LogP contribution in [0.2, 0.25) is 5.15 Å². The van der Waals surface area contributed by atoms with Crippen LogP contribution in [-0.2, 0) is 4.74 Å². The molecule has 21 heavy (non-hydrogen) atoms. The van der Waals surface area contributed by atoms with E-state index in [1.54, 1.807) is 20.8 Å². The van der Waals surface area contributed by atoms with Crippen molar-refractivity contribution >= 4 is 23.5 Å². The first-order valence-electron chi connectivity index (χ1n) is 6.20. The number of nitrogens with one attached hydrogen (secondary N) is 1. The monoisotopic (exact) mass is 318 g/mol. The number of hydrogen-bond acceptors (Lipinski definition) is 7. The lowest BCUT2D eigenvalue weighted by molar-refractivity contribution is 0.0130. The Hall–Kier alpha value is -1.64. The summed E-state index contributed by atoms with van der Waals surface area (Å²) < 4.78 is 5.00. The lowest BCUT2D eigenvalue weighted by Gasteiger charge is -2.22. The summed E-state index contributed by atoms with van der Waals surface area (Å²) in [5, 5.41) is 22.2. The highest BCUT2D eigenvalue weighted by Gasteiger charge is 2.25. The molecule has 5 N–H and O–H groups in total. The Bertz CT molecular complexity index is 486. The van der Waals surface area contributed by atoms with E-state index in [1.165, 1.54) is 0 Å². The van der Waals surface area contributed by atoms with E-state index in [2.05, 4.69) is 15.3 Å². The third kappa shape index (κ3) is 5.33. The Morgan fingerprint density at radius 2 is 2.10 bits per heavy atom. The molecule has 2 unspecified atom stereocenters. The molecule has 8 nitrogen and oxygen atoms in total. The van der Waals surface area contributed by atoms with Gasteiger partial charge in [-0.25, -0.2) is 14.8 Å². The van der Waals surface area contributed by atoms with Gasteiger partial charge >= 0.3 is 6.09 Å². The average molecular weight is 319 g/mol. The SMILES string of the molecule is CC(C)(C)OC(=O)NCC(O)C(O)c1c(N)ncnc1Cl. The Balaban J connectivity index is 2.63. The lowest BCUT2D eigenvalue weighted by Crippen LogP contribution is -2.39. The number of nitrogen functional groups attached to an aromatic ring is 1. The van der Waals surface area contributed by atoms with Gasteiger partial charge in [0.25, 0.3) is 0 Å². The number of aromatic nitrogens is 2. The molecular weight excluding hydrogens is 300 g/mol. The standard InChI is InChI=1S/C12H19ClN4O4/c1-12(2,3)21-11(20)15-4-6(18)8(19)7-9(13)16-5-17-10(7)14/h5-6,8,18-19H,4H2,1-3H3,(H,15,20)(H2,14,16,17). The second-order valence-electron chi connectivity index (χ2n) is 5.36. The van der Waals surface area contributed by atoms with E-state index >= 15 is 0 Å². The number of carbonyl (C=O) groups is 1. The first kappa shape index (κ1) is 17.4. The zero-order valence-electron chi connectivity index (χ0n) is 12.0. The number of aliphatic hydroxyl groups is 2. The smallest absolute Gasteiger partial charge is 0.407 e. The third-order valence-electron chi connectivity index (χ3n) is 2.38. The number of rotatable bonds is 4. The molecule has 1 heterocycles. The van der Waals surface area contributed by atoms with Gasteiger partial charge in [0.2, 0.25) is 0 Å². The van der Waals surface area contributed by atoms with E-state index in [9.17, 15) is 15.0 Å². The molecule has 0 aromatic carbocycles. The van der Waals surface area contributed by atoms with Gasteiger partial charge in [-0.1, -0.05) is 11.6 Å². The first-order valence-corrected chi connectivity index (χ1v) is 6.58. The number of alkyl carbamates (subject to hydrolysis) is 1. The number of hydrogen-bond donors (Lipinski definition) is 4. The minimum atomic E-state index is -1.44. The van der Waals surface area contributed by atoms with Crippen molar-refractivity contribution in [1.29, 1.82) is 0 Å². The minimum absolute atomic E-state index is 0.0117. The van der Waals surface area contributed by atoms with Crippen molar-refractivity contribution in [3.63, 3.8) is 0 Å². The minimum Gasteiger partial charge on any atom is -0.444 e.